The second-order valence-corrected chi connectivity index (χ2v) is 10.8. The van der Waals surface area contributed by atoms with Crippen molar-refractivity contribution in [3.05, 3.63) is 95.1 Å². The van der Waals surface area contributed by atoms with Gasteiger partial charge in [0.1, 0.15) is 29.7 Å². The molecule has 4 nitrogen and oxygen atoms in total. The van der Waals surface area contributed by atoms with E-state index in [-0.39, 0.29) is 24.3 Å². The summed E-state index contributed by atoms with van der Waals surface area (Å²) in [5, 5.41) is 5.10. The zero-order valence-electron chi connectivity index (χ0n) is 19.9. The third kappa shape index (κ3) is 2.63. The lowest BCUT2D eigenvalue weighted by Crippen LogP contribution is -2.36. The second kappa shape index (κ2) is 6.72. The van der Waals surface area contributed by atoms with E-state index in [1.165, 1.54) is 43.8 Å². The molecule has 2 aliphatic heterocycles. The number of fused-ring (bicyclic) bond motifs is 10. The van der Waals surface area contributed by atoms with Gasteiger partial charge in [0.2, 0.25) is 0 Å². The second-order valence-electron chi connectivity index (χ2n) is 10.8. The average Bonchev–Trinajstić information content (AvgIpc) is 3.62. The van der Waals surface area contributed by atoms with Gasteiger partial charge in [-0.15, -0.1) is 0 Å². The lowest BCUT2D eigenvalue weighted by molar-refractivity contribution is 0.170. The van der Waals surface area contributed by atoms with E-state index in [4.69, 9.17) is 19.5 Å². The fourth-order valence-electron chi connectivity index (χ4n) is 6.58. The zero-order chi connectivity index (χ0) is 23.3. The van der Waals surface area contributed by atoms with Crippen LogP contribution in [-0.2, 0) is 22.3 Å². The van der Waals surface area contributed by atoms with Crippen LogP contribution in [0.1, 0.15) is 48.2 Å². The van der Waals surface area contributed by atoms with Gasteiger partial charge >= 0.3 is 0 Å². The van der Waals surface area contributed by atoms with E-state index in [1.54, 1.807) is 0 Å². The molecule has 0 fully saturated rings. The summed E-state index contributed by atoms with van der Waals surface area (Å²) in [5.74, 6) is 1.51. The third-order valence-corrected chi connectivity index (χ3v) is 8.37. The molecule has 172 valence electrons. The Morgan fingerprint density at radius 3 is 1.57 bits per heavy atom. The molecule has 4 heteroatoms. The molecule has 0 saturated heterocycles. The summed E-state index contributed by atoms with van der Waals surface area (Å²) in [6.07, 6.45) is 1.89. The van der Waals surface area contributed by atoms with Crippen LogP contribution in [0, 0.1) is 5.41 Å². The van der Waals surface area contributed by atoms with Gasteiger partial charge in [-0.25, -0.2) is 9.98 Å². The summed E-state index contributed by atoms with van der Waals surface area (Å²) in [4.78, 5) is 10.4. The van der Waals surface area contributed by atoms with E-state index < -0.39 is 5.41 Å². The predicted octanol–water partition coefficient (Wildman–Crippen LogP) is 6.51. The summed E-state index contributed by atoms with van der Waals surface area (Å²) in [7, 11) is 0. The molecule has 8 rings (SSSR count). The molecule has 2 heterocycles. The van der Waals surface area contributed by atoms with Crippen LogP contribution in [-0.4, -0.2) is 24.0 Å². The Hall–Kier alpha value is -3.66. The van der Waals surface area contributed by atoms with Crippen molar-refractivity contribution in [2.45, 2.75) is 51.0 Å². The Labute approximate surface area is 204 Å². The van der Waals surface area contributed by atoms with E-state index in [0.717, 1.165) is 24.6 Å². The molecule has 0 saturated carbocycles. The molecule has 35 heavy (non-hydrogen) atoms. The van der Waals surface area contributed by atoms with Gasteiger partial charge in [0.25, 0.3) is 0 Å². The minimum absolute atomic E-state index is 0.0385. The molecule has 0 N–H and O–H groups in total. The summed E-state index contributed by atoms with van der Waals surface area (Å²) >= 11 is 0. The van der Waals surface area contributed by atoms with Crippen molar-refractivity contribution < 1.29 is 9.47 Å². The van der Waals surface area contributed by atoms with Gasteiger partial charge in [-0.2, -0.15) is 0 Å². The van der Waals surface area contributed by atoms with Crippen LogP contribution >= 0.6 is 0 Å². The smallest absolute Gasteiger partial charge is 0.199 e. The monoisotopic (exact) mass is 458 g/mol. The molecule has 0 aromatic heterocycles. The Bertz CT molecular complexity index is 1500. The normalized spacial score (nSPS) is 26.0. The van der Waals surface area contributed by atoms with Crippen molar-refractivity contribution in [1.29, 1.82) is 0 Å². The number of hydrogen-bond acceptors (Lipinski definition) is 4. The molecule has 4 aromatic rings. The van der Waals surface area contributed by atoms with E-state index in [9.17, 15) is 0 Å². The van der Waals surface area contributed by atoms with Crippen LogP contribution in [0.2, 0.25) is 0 Å². The van der Waals surface area contributed by atoms with Gasteiger partial charge in [-0.3, -0.25) is 0 Å². The molecule has 0 radical (unpaired) electrons. The van der Waals surface area contributed by atoms with Crippen molar-refractivity contribution >= 4 is 33.3 Å². The molecule has 4 aromatic carbocycles. The molecule has 0 unspecified atom stereocenters. The molecule has 2 aliphatic carbocycles. The van der Waals surface area contributed by atoms with Crippen molar-refractivity contribution in [2.24, 2.45) is 15.4 Å². The fraction of sp³-hybridized carbons (Fsp3) is 0.290. The molecule has 0 bridgehead atoms. The van der Waals surface area contributed by atoms with Crippen molar-refractivity contribution in [3.8, 4) is 0 Å². The standard InChI is InChI=1S/C31H26N2O2/c1-31(2,29-32-27-23(34-29)15-19-13-11-17-7-3-5-9-21(17)25(19)27)30-33-28-24(35-30)16-20-14-12-18-8-4-6-10-22(18)26(20)28/h3-14,23-24,27-28H,15-16H2,1-2H3/t23-,24-,27-,28-/m0/s1. The molecular weight excluding hydrogens is 432 g/mol. The average molecular weight is 459 g/mol. The quantitative estimate of drug-likeness (QED) is 0.344. The third-order valence-electron chi connectivity index (χ3n) is 8.37. The summed E-state index contributed by atoms with van der Waals surface area (Å²) in [6.45, 7) is 4.28. The highest BCUT2D eigenvalue weighted by Gasteiger charge is 2.50. The van der Waals surface area contributed by atoms with Crippen LogP contribution in [0.15, 0.2) is 82.8 Å². The Balaban J connectivity index is 1.17. The van der Waals surface area contributed by atoms with Crippen LogP contribution < -0.4 is 0 Å². The molecule has 4 aliphatic rings. The van der Waals surface area contributed by atoms with Gasteiger partial charge in [-0.05, 0) is 57.6 Å². The molecule has 0 amide bonds. The summed E-state index contributed by atoms with van der Waals surface area (Å²) in [5.41, 5.74) is 4.85. The van der Waals surface area contributed by atoms with Crippen LogP contribution in [0.3, 0.4) is 0 Å². The first kappa shape index (κ1) is 19.6. The molecular formula is C31H26N2O2. The Morgan fingerprint density at radius 2 is 1.09 bits per heavy atom. The number of hydrogen-bond donors (Lipinski definition) is 0. The maximum Gasteiger partial charge on any atom is 0.199 e. The number of benzene rings is 4. The highest BCUT2D eigenvalue weighted by Crippen LogP contribution is 2.49. The highest BCUT2D eigenvalue weighted by molar-refractivity contribution is 6.06. The van der Waals surface area contributed by atoms with E-state index >= 15 is 0 Å². The van der Waals surface area contributed by atoms with Crippen molar-refractivity contribution in [2.75, 3.05) is 0 Å². The van der Waals surface area contributed by atoms with Crippen LogP contribution in [0.4, 0.5) is 0 Å². The van der Waals surface area contributed by atoms with Gasteiger partial charge in [0, 0.05) is 12.8 Å². The zero-order valence-corrected chi connectivity index (χ0v) is 19.9. The maximum absolute atomic E-state index is 6.54. The van der Waals surface area contributed by atoms with Gasteiger partial charge in [0.05, 0.1) is 0 Å². The topological polar surface area (TPSA) is 43.2 Å². The highest BCUT2D eigenvalue weighted by atomic mass is 16.5. The summed E-state index contributed by atoms with van der Waals surface area (Å²) < 4.78 is 13.1. The van der Waals surface area contributed by atoms with Crippen LogP contribution in [0.25, 0.3) is 21.5 Å². The van der Waals surface area contributed by atoms with Gasteiger partial charge < -0.3 is 9.47 Å². The first-order valence-corrected chi connectivity index (χ1v) is 12.6. The lowest BCUT2D eigenvalue weighted by Gasteiger charge is -2.25. The first-order valence-electron chi connectivity index (χ1n) is 12.6. The van der Waals surface area contributed by atoms with Gasteiger partial charge in [-0.1, -0.05) is 72.8 Å². The minimum atomic E-state index is -0.510. The Morgan fingerprint density at radius 1 is 0.629 bits per heavy atom. The van der Waals surface area contributed by atoms with E-state index in [1.807, 2.05) is 0 Å². The lowest BCUT2D eigenvalue weighted by atomic mass is 9.92. The first-order chi connectivity index (χ1) is 17.1. The SMILES string of the molecule is CC(C)(C1=N[C@@H]2c3c(ccc4ccccc34)C[C@@H]2O1)C1=N[C@@H]2c3c(ccc4ccccc34)C[C@@H]2O1. The van der Waals surface area contributed by atoms with E-state index in [0.29, 0.717) is 0 Å². The van der Waals surface area contributed by atoms with E-state index in [2.05, 4.69) is 86.6 Å². The van der Waals surface area contributed by atoms with Crippen molar-refractivity contribution in [3.63, 3.8) is 0 Å². The van der Waals surface area contributed by atoms with Crippen molar-refractivity contribution in [1.82, 2.24) is 0 Å². The minimum Gasteiger partial charge on any atom is -0.474 e. The Kier molecular flexibility index (Phi) is 3.77. The maximum atomic E-state index is 6.54. The number of aliphatic imine (C=N–C) groups is 2. The number of rotatable bonds is 2. The predicted molar refractivity (Wildman–Crippen MR) is 139 cm³/mol. The molecule has 0 spiro atoms. The largest absolute Gasteiger partial charge is 0.474 e. The number of ether oxygens (including phenoxy) is 2. The van der Waals surface area contributed by atoms with Gasteiger partial charge in [0.15, 0.2) is 11.8 Å². The molecule has 4 atom stereocenters. The fourth-order valence-corrected chi connectivity index (χ4v) is 6.58. The van der Waals surface area contributed by atoms with Crippen LogP contribution in [0.5, 0.6) is 0 Å². The number of nitrogens with zero attached hydrogens (tertiary/aromatic N) is 2. The summed E-state index contributed by atoms with van der Waals surface area (Å²) in [6, 6.07) is 26.2.